The summed E-state index contributed by atoms with van der Waals surface area (Å²) >= 11 is 3.48. The zero-order valence-corrected chi connectivity index (χ0v) is 17.1. The molecule has 0 amide bonds. The van der Waals surface area contributed by atoms with Gasteiger partial charge in [0.15, 0.2) is 0 Å². The van der Waals surface area contributed by atoms with Crippen molar-refractivity contribution in [2.45, 2.75) is 20.1 Å². The van der Waals surface area contributed by atoms with Crippen LogP contribution >= 0.6 is 15.9 Å². The summed E-state index contributed by atoms with van der Waals surface area (Å²) < 4.78 is 7.09. The third-order valence-corrected chi connectivity index (χ3v) is 4.81. The van der Waals surface area contributed by atoms with Gasteiger partial charge in [-0.05, 0) is 42.8 Å². The highest BCUT2D eigenvalue weighted by molar-refractivity contribution is 9.10. The molecule has 0 bridgehead atoms. The number of ether oxygens (including phenoxy) is 1. The van der Waals surface area contributed by atoms with Crippen LogP contribution in [-0.4, -0.2) is 22.6 Å². The van der Waals surface area contributed by atoms with E-state index < -0.39 is 5.97 Å². The number of hydrogen-bond donors (Lipinski definition) is 1. The van der Waals surface area contributed by atoms with Gasteiger partial charge in [0, 0.05) is 29.3 Å². The fourth-order valence-corrected chi connectivity index (χ4v) is 3.27. The normalized spacial score (nSPS) is 10.5. The summed E-state index contributed by atoms with van der Waals surface area (Å²) in [7, 11) is 0. The monoisotopic (exact) mass is 440 g/mol. The van der Waals surface area contributed by atoms with Crippen LogP contribution in [0.2, 0.25) is 0 Å². The molecule has 0 saturated carbocycles. The molecular weight excluding hydrogens is 420 g/mol. The molecule has 0 saturated heterocycles. The van der Waals surface area contributed by atoms with E-state index in [4.69, 9.17) is 9.84 Å². The van der Waals surface area contributed by atoms with Crippen molar-refractivity contribution in [2.75, 3.05) is 11.4 Å². The smallest absolute Gasteiger partial charge is 0.337 e. The fourth-order valence-electron chi connectivity index (χ4n) is 2.82. The lowest BCUT2D eigenvalue weighted by molar-refractivity contribution is 0.0696. The van der Waals surface area contributed by atoms with E-state index in [0.717, 1.165) is 33.7 Å². The van der Waals surface area contributed by atoms with E-state index in [0.29, 0.717) is 13.2 Å². The van der Waals surface area contributed by atoms with E-state index >= 15 is 0 Å². The second-order valence-corrected chi connectivity index (χ2v) is 7.17. The topological polar surface area (TPSA) is 62.7 Å². The number of benzene rings is 2. The first kappa shape index (κ1) is 19.9. The van der Waals surface area contributed by atoms with Crippen LogP contribution in [0.5, 0.6) is 5.75 Å². The number of hydrogen-bond acceptors (Lipinski definition) is 4. The van der Waals surface area contributed by atoms with Crippen LogP contribution in [0.25, 0.3) is 0 Å². The number of para-hydroxylation sites is 1. The second-order valence-electron chi connectivity index (χ2n) is 6.25. The Labute approximate surface area is 172 Å². The highest BCUT2D eigenvalue weighted by atomic mass is 79.9. The molecule has 2 aromatic carbocycles. The first-order valence-corrected chi connectivity index (χ1v) is 9.75. The van der Waals surface area contributed by atoms with E-state index in [1.807, 2.05) is 55.5 Å². The van der Waals surface area contributed by atoms with Crippen LogP contribution in [-0.2, 0) is 13.2 Å². The number of carbonyl (C=O) groups is 1. The van der Waals surface area contributed by atoms with Crippen LogP contribution in [0.4, 0.5) is 5.82 Å². The minimum absolute atomic E-state index is 0.178. The summed E-state index contributed by atoms with van der Waals surface area (Å²) in [5.74, 6) is 0.575. The number of carboxylic acid groups (broad SMARTS) is 1. The molecule has 28 heavy (non-hydrogen) atoms. The molecule has 0 radical (unpaired) electrons. The first-order chi connectivity index (χ1) is 13.6. The zero-order valence-electron chi connectivity index (χ0n) is 15.5. The van der Waals surface area contributed by atoms with Gasteiger partial charge in [0.1, 0.15) is 18.2 Å². The highest BCUT2D eigenvalue weighted by Crippen LogP contribution is 2.24. The minimum Gasteiger partial charge on any atom is -0.489 e. The molecule has 144 valence electrons. The summed E-state index contributed by atoms with van der Waals surface area (Å²) in [5.41, 5.74) is 2.31. The van der Waals surface area contributed by atoms with Gasteiger partial charge in [-0.1, -0.05) is 46.3 Å². The lowest BCUT2D eigenvalue weighted by atomic mass is 10.1. The number of pyridine rings is 1. The Hall–Kier alpha value is -2.86. The van der Waals surface area contributed by atoms with Gasteiger partial charge in [-0.15, -0.1) is 0 Å². The summed E-state index contributed by atoms with van der Waals surface area (Å²) in [5, 5.41) is 9.04. The Morgan fingerprint density at radius 1 is 1.14 bits per heavy atom. The van der Waals surface area contributed by atoms with Crippen molar-refractivity contribution >= 4 is 27.7 Å². The molecule has 5 nitrogen and oxygen atoms in total. The summed E-state index contributed by atoms with van der Waals surface area (Å²) in [6.07, 6.45) is 1.38. The maximum Gasteiger partial charge on any atom is 0.337 e. The maximum atomic E-state index is 11.0. The molecule has 3 aromatic rings. The van der Waals surface area contributed by atoms with Gasteiger partial charge in [-0.3, -0.25) is 0 Å². The van der Waals surface area contributed by atoms with E-state index in [1.165, 1.54) is 6.20 Å². The summed E-state index contributed by atoms with van der Waals surface area (Å²) in [6, 6.07) is 19.3. The molecule has 0 aliphatic carbocycles. The number of aromatic carboxylic acids is 1. The average Bonchev–Trinajstić information content (AvgIpc) is 2.71. The Morgan fingerprint density at radius 2 is 1.96 bits per heavy atom. The number of nitrogens with zero attached hydrogens (tertiary/aromatic N) is 2. The van der Waals surface area contributed by atoms with Gasteiger partial charge < -0.3 is 14.7 Å². The second kappa shape index (κ2) is 9.37. The lowest BCUT2D eigenvalue weighted by Crippen LogP contribution is -2.23. The molecule has 3 rings (SSSR count). The van der Waals surface area contributed by atoms with Crippen molar-refractivity contribution in [3.05, 3.63) is 88.0 Å². The molecule has 1 aromatic heterocycles. The molecule has 0 aliphatic heterocycles. The van der Waals surface area contributed by atoms with Crippen LogP contribution in [0.15, 0.2) is 71.3 Å². The van der Waals surface area contributed by atoms with Crippen molar-refractivity contribution < 1.29 is 14.6 Å². The van der Waals surface area contributed by atoms with Crippen molar-refractivity contribution in [1.82, 2.24) is 4.98 Å². The van der Waals surface area contributed by atoms with Crippen LogP contribution in [0, 0.1) is 0 Å². The van der Waals surface area contributed by atoms with Crippen molar-refractivity contribution in [3.8, 4) is 5.75 Å². The third-order valence-electron chi connectivity index (χ3n) is 4.32. The van der Waals surface area contributed by atoms with Gasteiger partial charge in [0.2, 0.25) is 0 Å². The molecule has 6 heteroatoms. The third kappa shape index (κ3) is 5.10. The van der Waals surface area contributed by atoms with E-state index in [9.17, 15) is 4.79 Å². The van der Waals surface area contributed by atoms with Gasteiger partial charge >= 0.3 is 5.97 Å². The molecule has 0 aliphatic rings. The summed E-state index contributed by atoms with van der Waals surface area (Å²) in [4.78, 5) is 17.4. The predicted octanol–water partition coefficient (Wildman–Crippen LogP) is 5.15. The number of rotatable bonds is 8. The Kier molecular flexibility index (Phi) is 6.66. The highest BCUT2D eigenvalue weighted by Gasteiger charge is 2.12. The first-order valence-electron chi connectivity index (χ1n) is 8.96. The average molecular weight is 441 g/mol. The number of anilines is 1. The van der Waals surface area contributed by atoms with Gasteiger partial charge in [0.25, 0.3) is 0 Å². The number of halogens is 1. The van der Waals surface area contributed by atoms with E-state index in [2.05, 4.69) is 25.8 Å². The largest absolute Gasteiger partial charge is 0.489 e. The Morgan fingerprint density at radius 3 is 2.64 bits per heavy atom. The SMILES string of the molecule is CCN(Cc1ccccc1OCc1cccc(Br)c1)c1ccc(C(=O)O)cn1. The molecule has 0 spiro atoms. The van der Waals surface area contributed by atoms with E-state index in [1.54, 1.807) is 12.1 Å². The minimum atomic E-state index is -0.978. The molecule has 0 fully saturated rings. The fraction of sp³-hybridized carbons (Fsp3) is 0.182. The Balaban J connectivity index is 1.74. The predicted molar refractivity (Wildman–Crippen MR) is 113 cm³/mol. The lowest BCUT2D eigenvalue weighted by Gasteiger charge is -2.23. The van der Waals surface area contributed by atoms with Crippen LogP contribution < -0.4 is 9.64 Å². The van der Waals surface area contributed by atoms with Crippen LogP contribution in [0.3, 0.4) is 0 Å². The molecule has 1 heterocycles. The zero-order chi connectivity index (χ0) is 19.9. The van der Waals surface area contributed by atoms with Crippen molar-refractivity contribution in [2.24, 2.45) is 0 Å². The quantitative estimate of drug-likeness (QED) is 0.524. The maximum absolute atomic E-state index is 11.0. The van der Waals surface area contributed by atoms with Crippen LogP contribution in [0.1, 0.15) is 28.4 Å². The van der Waals surface area contributed by atoms with Gasteiger partial charge in [-0.2, -0.15) is 0 Å². The molecule has 0 atom stereocenters. The Bertz CT molecular complexity index is 945. The number of aromatic nitrogens is 1. The van der Waals surface area contributed by atoms with Gasteiger partial charge in [0.05, 0.1) is 5.56 Å². The molecule has 0 unspecified atom stereocenters. The molecule has 1 N–H and O–H groups in total. The van der Waals surface area contributed by atoms with E-state index in [-0.39, 0.29) is 5.56 Å². The molecular formula is C22H21BrN2O3. The summed E-state index contributed by atoms with van der Waals surface area (Å²) in [6.45, 7) is 3.87. The van der Waals surface area contributed by atoms with Crippen molar-refractivity contribution in [1.29, 1.82) is 0 Å². The standard InChI is InChI=1S/C22H21BrN2O3/c1-2-25(21-11-10-17(13-24-21)22(26)27)14-18-7-3-4-9-20(18)28-15-16-6-5-8-19(23)12-16/h3-13H,2,14-15H2,1H3,(H,26,27). The number of carboxylic acids is 1. The van der Waals surface area contributed by atoms with Crippen molar-refractivity contribution in [3.63, 3.8) is 0 Å². The van der Waals surface area contributed by atoms with Gasteiger partial charge in [-0.25, -0.2) is 9.78 Å².